The van der Waals surface area contributed by atoms with Crippen molar-refractivity contribution in [2.24, 2.45) is 0 Å². The SMILES string of the molecule is Clc1ncc(CNc2cccc(-c3cnc4ccccc4n3)c2)s1. The fraction of sp³-hybridized carbons (Fsp3) is 0.0556. The second-order valence-electron chi connectivity index (χ2n) is 5.26. The van der Waals surface area contributed by atoms with Crippen molar-refractivity contribution in [3.8, 4) is 11.3 Å². The predicted octanol–water partition coefficient (Wildman–Crippen LogP) is 5.02. The number of rotatable bonds is 4. The van der Waals surface area contributed by atoms with Crippen LogP contribution in [0.25, 0.3) is 22.3 Å². The Balaban J connectivity index is 1.58. The minimum Gasteiger partial charge on any atom is -0.380 e. The zero-order valence-corrected chi connectivity index (χ0v) is 14.2. The van der Waals surface area contributed by atoms with Gasteiger partial charge in [0.25, 0.3) is 0 Å². The molecule has 4 aromatic rings. The van der Waals surface area contributed by atoms with Crippen molar-refractivity contribution in [1.82, 2.24) is 15.0 Å². The van der Waals surface area contributed by atoms with Gasteiger partial charge < -0.3 is 5.32 Å². The van der Waals surface area contributed by atoms with Gasteiger partial charge in [-0.05, 0) is 24.3 Å². The first kappa shape index (κ1) is 15.1. The quantitative estimate of drug-likeness (QED) is 0.560. The monoisotopic (exact) mass is 352 g/mol. The van der Waals surface area contributed by atoms with Gasteiger partial charge in [-0.25, -0.2) is 9.97 Å². The molecule has 2 heterocycles. The van der Waals surface area contributed by atoms with Gasteiger partial charge in [-0.3, -0.25) is 4.98 Å². The fourth-order valence-corrected chi connectivity index (χ4v) is 3.36. The number of para-hydroxylation sites is 2. The van der Waals surface area contributed by atoms with Gasteiger partial charge in [0.05, 0.1) is 29.5 Å². The predicted molar refractivity (Wildman–Crippen MR) is 99.4 cm³/mol. The summed E-state index contributed by atoms with van der Waals surface area (Å²) in [5.41, 5.74) is 4.70. The molecule has 0 atom stereocenters. The summed E-state index contributed by atoms with van der Waals surface area (Å²) in [6, 6.07) is 16.0. The van der Waals surface area contributed by atoms with Crippen LogP contribution in [0.4, 0.5) is 5.69 Å². The van der Waals surface area contributed by atoms with Crippen LogP contribution in [0.15, 0.2) is 60.9 Å². The number of hydrogen-bond donors (Lipinski definition) is 1. The molecule has 0 fully saturated rings. The standard InChI is InChI=1S/C18H13ClN4S/c19-18-22-10-14(24-18)9-20-13-5-3-4-12(8-13)17-11-21-15-6-1-2-7-16(15)23-17/h1-8,10-11,20H,9H2. The third-order valence-electron chi connectivity index (χ3n) is 3.60. The first-order valence-corrected chi connectivity index (χ1v) is 8.64. The molecule has 0 unspecified atom stereocenters. The highest BCUT2D eigenvalue weighted by Gasteiger charge is 2.04. The van der Waals surface area contributed by atoms with Gasteiger partial charge in [0.2, 0.25) is 0 Å². The van der Waals surface area contributed by atoms with E-state index in [-0.39, 0.29) is 0 Å². The van der Waals surface area contributed by atoms with Crippen LogP contribution in [0.2, 0.25) is 4.47 Å². The number of nitrogens with zero attached hydrogens (tertiary/aromatic N) is 3. The van der Waals surface area contributed by atoms with E-state index >= 15 is 0 Å². The molecule has 0 radical (unpaired) electrons. The van der Waals surface area contributed by atoms with Gasteiger partial charge in [-0.1, -0.05) is 35.9 Å². The first-order valence-electron chi connectivity index (χ1n) is 7.44. The summed E-state index contributed by atoms with van der Waals surface area (Å²) in [5, 5.41) is 3.39. The maximum atomic E-state index is 5.86. The van der Waals surface area contributed by atoms with Crippen molar-refractivity contribution in [3.63, 3.8) is 0 Å². The Morgan fingerprint density at radius 2 is 1.83 bits per heavy atom. The van der Waals surface area contributed by atoms with Crippen LogP contribution in [0.1, 0.15) is 4.88 Å². The minimum absolute atomic E-state index is 0.562. The molecule has 2 aromatic carbocycles. The van der Waals surface area contributed by atoms with Crippen molar-refractivity contribution in [2.75, 3.05) is 5.32 Å². The Bertz CT molecular complexity index is 999. The summed E-state index contributed by atoms with van der Waals surface area (Å²) in [6.45, 7) is 0.692. The van der Waals surface area contributed by atoms with E-state index < -0.39 is 0 Å². The number of fused-ring (bicyclic) bond motifs is 1. The van der Waals surface area contributed by atoms with Crippen molar-refractivity contribution in [2.45, 2.75) is 6.54 Å². The van der Waals surface area contributed by atoms with Crippen LogP contribution < -0.4 is 5.32 Å². The number of hydrogen-bond acceptors (Lipinski definition) is 5. The van der Waals surface area contributed by atoms with E-state index in [1.807, 2.05) is 48.7 Å². The molecule has 0 saturated heterocycles. The van der Waals surface area contributed by atoms with E-state index in [1.165, 1.54) is 11.3 Å². The van der Waals surface area contributed by atoms with Gasteiger partial charge >= 0.3 is 0 Å². The summed E-state index contributed by atoms with van der Waals surface area (Å²) in [4.78, 5) is 14.3. The number of benzene rings is 2. The summed E-state index contributed by atoms with van der Waals surface area (Å²) in [7, 11) is 0. The van der Waals surface area contributed by atoms with Crippen molar-refractivity contribution in [1.29, 1.82) is 0 Å². The molecule has 0 saturated carbocycles. The van der Waals surface area contributed by atoms with Crippen molar-refractivity contribution >= 4 is 39.7 Å². The van der Waals surface area contributed by atoms with E-state index in [2.05, 4.69) is 21.4 Å². The lowest BCUT2D eigenvalue weighted by Crippen LogP contribution is -1.97. The fourth-order valence-electron chi connectivity index (χ4n) is 2.44. The Kier molecular flexibility index (Phi) is 4.11. The highest BCUT2D eigenvalue weighted by atomic mass is 35.5. The molecule has 24 heavy (non-hydrogen) atoms. The van der Waals surface area contributed by atoms with Crippen LogP contribution >= 0.6 is 22.9 Å². The summed E-state index contributed by atoms with van der Waals surface area (Å²) in [6.07, 6.45) is 3.60. The number of halogens is 1. The van der Waals surface area contributed by atoms with E-state index in [0.717, 1.165) is 32.9 Å². The van der Waals surface area contributed by atoms with Crippen LogP contribution in [0, 0.1) is 0 Å². The smallest absolute Gasteiger partial charge is 0.183 e. The van der Waals surface area contributed by atoms with E-state index in [0.29, 0.717) is 11.0 Å². The zero-order valence-electron chi connectivity index (χ0n) is 12.6. The Hall–Kier alpha value is -2.50. The van der Waals surface area contributed by atoms with Crippen LogP contribution in [0.3, 0.4) is 0 Å². The van der Waals surface area contributed by atoms with Crippen LogP contribution in [-0.4, -0.2) is 15.0 Å². The average Bonchev–Trinajstić information content (AvgIpc) is 3.05. The third-order valence-corrected chi connectivity index (χ3v) is 4.71. The maximum absolute atomic E-state index is 5.86. The molecule has 2 aromatic heterocycles. The molecule has 4 rings (SSSR count). The lowest BCUT2D eigenvalue weighted by atomic mass is 10.1. The Labute approximate surface area is 148 Å². The highest BCUT2D eigenvalue weighted by molar-refractivity contribution is 7.15. The van der Waals surface area contributed by atoms with E-state index in [9.17, 15) is 0 Å². The van der Waals surface area contributed by atoms with Gasteiger partial charge in [0, 0.05) is 22.3 Å². The molecular weight excluding hydrogens is 340 g/mol. The van der Waals surface area contributed by atoms with Gasteiger partial charge in [-0.15, -0.1) is 11.3 Å². The minimum atomic E-state index is 0.562. The Morgan fingerprint density at radius 1 is 0.958 bits per heavy atom. The molecule has 4 nitrogen and oxygen atoms in total. The van der Waals surface area contributed by atoms with Crippen molar-refractivity contribution < 1.29 is 0 Å². The highest BCUT2D eigenvalue weighted by Crippen LogP contribution is 2.24. The summed E-state index contributed by atoms with van der Waals surface area (Å²) >= 11 is 7.34. The molecule has 0 aliphatic rings. The van der Waals surface area contributed by atoms with Gasteiger partial charge in [-0.2, -0.15) is 0 Å². The molecule has 118 valence electrons. The third kappa shape index (κ3) is 3.22. The van der Waals surface area contributed by atoms with Crippen LogP contribution in [-0.2, 0) is 6.54 Å². The number of aromatic nitrogens is 3. The number of anilines is 1. The molecule has 0 spiro atoms. The molecule has 0 amide bonds. The normalized spacial score (nSPS) is 10.9. The van der Waals surface area contributed by atoms with E-state index in [1.54, 1.807) is 6.20 Å². The summed E-state index contributed by atoms with van der Waals surface area (Å²) < 4.78 is 0.562. The second-order valence-corrected chi connectivity index (χ2v) is 6.96. The maximum Gasteiger partial charge on any atom is 0.183 e. The van der Waals surface area contributed by atoms with Gasteiger partial charge in [0.15, 0.2) is 4.47 Å². The molecule has 1 N–H and O–H groups in total. The zero-order chi connectivity index (χ0) is 16.4. The van der Waals surface area contributed by atoms with Crippen molar-refractivity contribution in [3.05, 3.63) is 70.3 Å². The molecule has 0 aliphatic carbocycles. The van der Waals surface area contributed by atoms with E-state index in [4.69, 9.17) is 16.6 Å². The first-order chi connectivity index (χ1) is 11.8. The van der Waals surface area contributed by atoms with Gasteiger partial charge in [0.1, 0.15) is 0 Å². The average molecular weight is 353 g/mol. The lowest BCUT2D eigenvalue weighted by molar-refractivity contribution is 1.17. The second kappa shape index (κ2) is 6.55. The largest absolute Gasteiger partial charge is 0.380 e. The number of thiazole rings is 1. The topological polar surface area (TPSA) is 50.7 Å². The molecule has 0 aliphatic heterocycles. The number of nitrogens with one attached hydrogen (secondary N) is 1. The molecular formula is C18H13ClN4S. The molecule has 0 bridgehead atoms. The molecule has 6 heteroatoms. The van der Waals surface area contributed by atoms with Crippen LogP contribution in [0.5, 0.6) is 0 Å². The summed E-state index contributed by atoms with van der Waals surface area (Å²) in [5.74, 6) is 0. The Morgan fingerprint density at radius 3 is 2.67 bits per heavy atom. The lowest BCUT2D eigenvalue weighted by Gasteiger charge is -2.07.